The first-order valence-electron chi connectivity index (χ1n) is 5.88. The summed E-state index contributed by atoms with van der Waals surface area (Å²) in [6, 6.07) is -0.120. The van der Waals surface area contributed by atoms with Crippen molar-refractivity contribution in [2.75, 3.05) is 6.61 Å². The zero-order valence-corrected chi connectivity index (χ0v) is 8.95. The number of carboxylic acids is 1. The average molecular weight is 213 g/mol. The molecule has 0 radical (unpaired) electrons. The summed E-state index contributed by atoms with van der Waals surface area (Å²) in [6.45, 7) is 0.709. The maximum Gasteiger partial charge on any atom is 0.323 e. The second kappa shape index (κ2) is 4.94. The first-order valence-corrected chi connectivity index (χ1v) is 5.88. The maximum absolute atomic E-state index is 11.1. The number of ether oxygens (including phenoxy) is 1. The fourth-order valence-corrected chi connectivity index (χ4v) is 2.55. The zero-order valence-electron chi connectivity index (χ0n) is 8.95. The molecule has 4 heteroatoms. The maximum atomic E-state index is 11.1. The van der Waals surface area contributed by atoms with Gasteiger partial charge < -0.3 is 9.84 Å². The molecule has 1 aliphatic heterocycles. The van der Waals surface area contributed by atoms with Gasteiger partial charge in [0.2, 0.25) is 0 Å². The Balaban J connectivity index is 1.89. The molecule has 2 rings (SSSR count). The Kier molecular flexibility index (Phi) is 3.59. The molecule has 1 aliphatic carbocycles. The molecule has 0 amide bonds. The predicted molar refractivity (Wildman–Crippen MR) is 55.8 cm³/mol. The van der Waals surface area contributed by atoms with E-state index in [-0.39, 0.29) is 6.10 Å². The molecule has 2 N–H and O–H groups in total. The minimum Gasteiger partial charge on any atom is -0.480 e. The normalized spacial score (nSPS) is 29.5. The highest BCUT2D eigenvalue weighted by atomic mass is 16.5. The lowest BCUT2D eigenvalue weighted by Crippen LogP contribution is -2.49. The number of hydrogen-bond acceptors (Lipinski definition) is 3. The smallest absolute Gasteiger partial charge is 0.323 e. The Hall–Kier alpha value is -0.610. The van der Waals surface area contributed by atoms with Crippen LogP contribution >= 0.6 is 0 Å². The zero-order chi connectivity index (χ0) is 10.7. The van der Waals surface area contributed by atoms with Crippen LogP contribution in [0.1, 0.15) is 38.5 Å². The van der Waals surface area contributed by atoms with E-state index in [2.05, 4.69) is 5.32 Å². The van der Waals surface area contributed by atoms with Crippen molar-refractivity contribution < 1.29 is 14.6 Å². The number of hydrogen-bond donors (Lipinski definition) is 2. The van der Waals surface area contributed by atoms with Gasteiger partial charge in [-0.25, -0.2) is 0 Å². The Morgan fingerprint density at radius 1 is 1.27 bits per heavy atom. The predicted octanol–water partition coefficient (Wildman–Crippen LogP) is 1.15. The average Bonchev–Trinajstić information content (AvgIpc) is 2.87. The van der Waals surface area contributed by atoms with E-state index in [0.29, 0.717) is 12.6 Å². The lowest BCUT2D eigenvalue weighted by molar-refractivity contribution is -0.143. The fourth-order valence-electron chi connectivity index (χ4n) is 2.55. The highest BCUT2D eigenvalue weighted by molar-refractivity contribution is 5.74. The molecule has 15 heavy (non-hydrogen) atoms. The van der Waals surface area contributed by atoms with Crippen LogP contribution in [0.5, 0.6) is 0 Å². The summed E-state index contributed by atoms with van der Waals surface area (Å²) < 4.78 is 5.44. The number of carboxylic acid groups (broad SMARTS) is 1. The molecule has 1 saturated heterocycles. The van der Waals surface area contributed by atoms with E-state index < -0.39 is 12.0 Å². The summed E-state index contributed by atoms with van der Waals surface area (Å²) in [4.78, 5) is 11.1. The largest absolute Gasteiger partial charge is 0.480 e. The summed E-state index contributed by atoms with van der Waals surface area (Å²) in [5, 5.41) is 12.4. The Morgan fingerprint density at radius 2 is 2.00 bits per heavy atom. The van der Waals surface area contributed by atoms with E-state index in [1.165, 1.54) is 12.8 Å². The Bertz CT molecular complexity index is 220. The minimum absolute atomic E-state index is 0.122. The summed E-state index contributed by atoms with van der Waals surface area (Å²) >= 11 is 0. The molecule has 4 nitrogen and oxygen atoms in total. The van der Waals surface area contributed by atoms with E-state index in [9.17, 15) is 4.79 Å². The van der Waals surface area contributed by atoms with Gasteiger partial charge in [-0.05, 0) is 25.7 Å². The fraction of sp³-hybridized carbons (Fsp3) is 0.909. The Labute approximate surface area is 90.0 Å². The van der Waals surface area contributed by atoms with Crippen LogP contribution in [0, 0.1) is 0 Å². The quantitative estimate of drug-likeness (QED) is 0.735. The van der Waals surface area contributed by atoms with Gasteiger partial charge >= 0.3 is 5.97 Å². The van der Waals surface area contributed by atoms with Gasteiger partial charge in [0.05, 0.1) is 6.10 Å². The molecule has 2 aliphatic rings. The van der Waals surface area contributed by atoms with E-state index >= 15 is 0 Å². The molecule has 1 saturated carbocycles. The highest BCUT2D eigenvalue weighted by Gasteiger charge is 2.33. The summed E-state index contributed by atoms with van der Waals surface area (Å²) in [6.07, 6.45) is 6.39. The van der Waals surface area contributed by atoms with Crippen LogP contribution in [0.25, 0.3) is 0 Å². The molecule has 0 bridgehead atoms. The summed E-state index contributed by atoms with van der Waals surface area (Å²) in [5.41, 5.74) is 0. The van der Waals surface area contributed by atoms with E-state index in [1.54, 1.807) is 0 Å². The third kappa shape index (κ3) is 2.69. The van der Waals surface area contributed by atoms with Crippen LogP contribution in [0.4, 0.5) is 0 Å². The van der Waals surface area contributed by atoms with Crippen LogP contribution in [0.3, 0.4) is 0 Å². The van der Waals surface area contributed by atoms with Gasteiger partial charge in [-0.1, -0.05) is 12.8 Å². The van der Waals surface area contributed by atoms with Gasteiger partial charge in [-0.15, -0.1) is 0 Å². The van der Waals surface area contributed by atoms with Crippen molar-refractivity contribution in [3.05, 3.63) is 0 Å². The van der Waals surface area contributed by atoms with Gasteiger partial charge in [0.25, 0.3) is 0 Å². The molecule has 2 unspecified atom stereocenters. The molecular weight excluding hydrogens is 194 g/mol. The molecule has 0 aromatic carbocycles. The molecule has 86 valence electrons. The first kappa shape index (κ1) is 10.9. The van der Waals surface area contributed by atoms with Gasteiger partial charge in [-0.3, -0.25) is 10.1 Å². The number of rotatable bonds is 4. The van der Waals surface area contributed by atoms with Crippen molar-refractivity contribution >= 4 is 5.97 Å². The Morgan fingerprint density at radius 3 is 2.53 bits per heavy atom. The number of nitrogens with one attached hydrogen (secondary N) is 1. The SMILES string of the molecule is O=C(O)C(NC1CCCC1)C1CCCO1. The van der Waals surface area contributed by atoms with Crippen molar-refractivity contribution in [1.29, 1.82) is 0 Å². The van der Waals surface area contributed by atoms with Gasteiger partial charge in [-0.2, -0.15) is 0 Å². The molecule has 1 heterocycles. The van der Waals surface area contributed by atoms with E-state index in [1.807, 2.05) is 0 Å². The second-order valence-electron chi connectivity index (χ2n) is 4.52. The monoisotopic (exact) mass is 213 g/mol. The van der Waals surface area contributed by atoms with Gasteiger partial charge in [0, 0.05) is 12.6 Å². The second-order valence-corrected chi connectivity index (χ2v) is 4.52. The van der Waals surface area contributed by atoms with Crippen molar-refractivity contribution in [3.63, 3.8) is 0 Å². The first-order chi connectivity index (χ1) is 7.27. The summed E-state index contributed by atoms with van der Waals surface area (Å²) in [5.74, 6) is -0.770. The van der Waals surface area contributed by atoms with Crippen molar-refractivity contribution in [3.8, 4) is 0 Å². The minimum atomic E-state index is -0.770. The summed E-state index contributed by atoms with van der Waals surface area (Å²) in [7, 11) is 0. The van der Waals surface area contributed by atoms with Crippen LogP contribution in [-0.4, -0.2) is 35.9 Å². The highest BCUT2D eigenvalue weighted by Crippen LogP contribution is 2.21. The standard InChI is InChI=1S/C11H19NO3/c13-11(14)10(9-6-3-7-15-9)12-8-4-1-2-5-8/h8-10,12H,1-7H2,(H,13,14). The molecule has 0 spiro atoms. The molecule has 0 aromatic rings. The lowest BCUT2D eigenvalue weighted by Gasteiger charge is -2.23. The van der Waals surface area contributed by atoms with Crippen molar-refractivity contribution in [2.24, 2.45) is 0 Å². The topological polar surface area (TPSA) is 58.6 Å². The number of carbonyl (C=O) groups is 1. The number of aliphatic carboxylic acids is 1. The third-order valence-electron chi connectivity index (χ3n) is 3.37. The molecule has 0 aromatic heterocycles. The third-order valence-corrected chi connectivity index (χ3v) is 3.37. The molecular formula is C11H19NO3. The van der Waals surface area contributed by atoms with E-state index in [0.717, 1.165) is 25.7 Å². The lowest BCUT2D eigenvalue weighted by atomic mass is 10.1. The van der Waals surface area contributed by atoms with Crippen LogP contribution in [-0.2, 0) is 9.53 Å². The van der Waals surface area contributed by atoms with Crippen LogP contribution in [0.15, 0.2) is 0 Å². The van der Waals surface area contributed by atoms with Gasteiger partial charge in [0.1, 0.15) is 6.04 Å². The van der Waals surface area contributed by atoms with Crippen LogP contribution in [0.2, 0.25) is 0 Å². The van der Waals surface area contributed by atoms with Gasteiger partial charge in [0.15, 0.2) is 0 Å². The van der Waals surface area contributed by atoms with E-state index in [4.69, 9.17) is 9.84 Å². The van der Waals surface area contributed by atoms with Crippen molar-refractivity contribution in [2.45, 2.75) is 56.7 Å². The van der Waals surface area contributed by atoms with Crippen LogP contribution < -0.4 is 5.32 Å². The molecule has 2 atom stereocenters. The molecule has 2 fully saturated rings. The van der Waals surface area contributed by atoms with Crippen molar-refractivity contribution in [1.82, 2.24) is 5.32 Å².